The first-order chi connectivity index (χ1) is 7.79. The summed E-state index contributed by atoms with van der Waals surface area (Å²) in [6, 6.07) is 5.84. The molecule has 0 spiro atoms. The number of hydrogen-bond acceptors (Lipinski definition) is 2. The molecule has 2 heteroatoms. The Hall–Kier alpha value is -1.70. The molecule has 2 rings (SSSR count). The Morgan fingerprint density at radius 1 is 1.19 bits per heavy atom. The molecule has 0 fully saturated rings. The SMILES string of the molecule is COc1ccc(OC2=CCCC=C2)cc1C. The van der Waals surface area contributed by atoms with Crippen LogP contribution in [0.4, 0.5) is 0 Å². The topological polar surface area (TPSA) is 18.5 Å². The summed E-state index contributed by atoms with van der Waals surface area (Å²) in [6.45, 7) is 2.01. The minimum atomic E-state index is 0.858. The highest BCUT2D eigenvalue weighted by Gasteiger charge is 2.03. The average Bonchev–Trinajstić information content (AvgIpc) is 2.31. The highest BCUT2D eigenvalue weighted by Crippen LogP contribution is 2.25. The van der Waals surface area contributed by atoms with Crippen molar-refractivity contribution in [1.82, 2.24) is 0 Å². The van der Waals surface area contributed by atoms with Gasteiger partial charge in [0.15, 0.2) is 0 Å². The van der Waals surface area contributed by atoms with Crippen molar-refractivity contribution in [2.45, 2.75) is 19.8 Å². The highest BCUT2D eigenvalue weighted by atomic mass is 16.5. The molecule has 0 amide bonds. The van der Waals surface area contributed by atoms with Gasteiger partial charge in [0.2, 0.25) is 0 Å². The fraction of sp³-hybridized carbons (Fsp3) is 0.286. The van der Waals surface area contributed by atoms with Crippen LogP contribution in [-0.2, 0) is 0 Å². The smallest absolute Gasteiger partial charge is 0.127 e. The van der Waals surface area contributed by atoms with Crippen LogP contribution < -0.4 is 9.47 Å². The van der Waals surface area contributed by atoms with Gasteiger partial charge in [0, 0.05) is 0 Å². The first-order valence-electron chi connectivity index (χ1n) is 5.49. The van der Waals surface area contributed by atoms with E-state index >= 15 is 0 Å². The zero-order valence-electron chi connectivity index (χ0n) is 9.69. The van der Waals surface area contributed by atoms with Gasteiger partial charge in [-0.15, -0.1) is 0 Å². The summed E-state index contributed by atoms with van der Waals surface area (Å²) in [5, 5.41) is 0. The zero-order valence-corrected chi connectivity index (χ0v) is 9.69. The highest BCUT2D eigenvalue weighted by molar-refractivity contribution is 5.40. The number of hydrogen-bond donors (Lipinski definition) is 0. The number of allylic oxidation sites excluding steroid dienone is 3. The summed E-state index contributed by atoms with van der Waals surface area (Å²) < 4.78 is 11.0. The maximum Gasteiger partial charge on any atom is 0.127 e. The fourth-order valence-electron chi connectivity index (χ4n) is 1.72. The maximum atomic E-state index is 5.75. The van der Waals surface area contributed by atoms with Crippen molar-refractivity contribution in [3.63, 3.8) is 0 Å². The predicted octanol–water partition coefficient (Wildman–Crippen LogP) is 3.62. The molecule has 0 aliphatic heterocycles. The second-order valence-electron chi connectivity index (χ2n) is 3.82. The van der Waals surface area contributed by atoms with E-state index in [1.54, 1.807) is 7.11 Å². The Kier molecular flexibility index (Phi) is 3.30. The molecule has 2 nitrogen and oxygen atoms in total. The number of methoxy groups -OCH3 is 1. The first-order valence-corrected chi connectivity index (χ1v) is 5.49. The molecule has 16 heavy (non-hydrogen) atoms. The molecule has 0 saturated heterocycles. The quantitative estimate of drug-likeness (QED) is 0.768. The Morgan fingerprint density at radius 3 is 2.69 bits per heavy atom. The summed E-state index contributed by atoms with van der Waals surface area (Å²) in [7, 11) is 1.68. The van der Waals surface area contributed by atoms with Crippen LogP contribution in [0.1, 0.15) is 18.4 Å². The molecule has 0 atom stereocenters. The van der Waals surface area contributed by atoms with Crippen molar-refractivity contribution < 1.29 is 9.47 Å². The van der Waals surface area contributed by atoms with Crippen LogP contribution in [0.5, 0.6) is 11.5 Å². The van der Waals surface area contributed by atoms with Crippen LogP contribution in [0.15, 0.2) is 42.2 Å². The number of benzene rings is 1. The van der Waals surface area contributed by atoms with E-state index in [-0.39, 0.29) is 0 Å². The largest absolute Gasteiger partial charge is 0.496 e. The fourth-order valence-corrected chi connectivity index (χ4v) is 1.72. The van der Waals surface area contributed by atoms with Gasteiger partial charge in [-0.05, 0) is 55.7 Å². The van der Waals surface area contributed by atoms with Gasteiger partial charge in [0.05, 0.1) is 7.11 Å². The molecule has 1 aromatic rings. The van der Waals surface area contributed by atoms with E-state index in [0.29, 0.717) is 0 Å². The normalized spacial score (nSPS) is 14.5. The summed E-state index contributed by atoms with van der Waals surface area (Å²) in [5.41, 5.74) is 1.08. The number of ether oxygens (including phenoxy) is 2. The molecule has 1 aliphatic rings. The van der Waals surface area contributed by atoms with Crippen LogP contribution in [0, 0.1) is 6.92 Å². The lowest BCUT2D eigenvalue weighted by Gasteiger charge is -2.11. The molecule has 1 aromatic carbocycles. The van der Waals surface area contributed by atoms with Gasteiger partial charge in [-0.1, -0.05) is 6.08 Å². The Labute approximate surface area is 96.2 Å². The van der Waals surface area contributed by atoms with E-state index in [1.807, 2.05) is 31.2 Å². The third-order valence-corrected chi connectivity index (χ3v) is 2.56. The summed E-state index contributed by atoms with van der Waals surface area (Å²) in [6.07, 6.45) is 8.42. The molecule has 0 unspecified atom stereocenters. The summed E-state index contributed by atoms with van der Waals surface area (Å²) in [4.78, 5) is 0. The van der Waals surface area contributed by atoms with Gasteiger partial charge in [0.25, 0.3) is 0 Å². The molecular weight excluding hydrogens is 200 g/mol. The van der Waals surface area contributed by atoms with E-state index in [1.165, 1.54) is 0 Å². The van der Waals surface area contributed by atoms with Crippen molar-refractivity contribution in [2.24, 2.45) is 0 Å². The Bertz CT molecular complexity index is 430. The van der Waals surface area contributed by atoms with Crippen molar-refractivity contribution in [3.8, 4) is 11.5 Å². The van der Waals surface area contributed by atoms with Crippen molar-refractivity contribution in [2.75, 3.05) is 7.11 Å². The van der Waals surface area contributed by atoms with E-state index < -0.39 is 0 Å². The van der Waals surface area contributed by atoms with E-state index in [4.69, 9.17) is 9.47 Å². The standard InChI is InChI=1S/C14H16O2/c1-11-10-13(8-9-14(11)15-2)16-12-6-4-3-5-7-12/h4,6-10H,3,5H2,1-2H3. The summed E-state index contributed by atoms with van der Waals surface area (Å²) in [5.74, 6) is 2.67. The van der Waals surface area contributed by atoms with Crippen molar-refractivity contribution >= 4 is 0 Å². The van der Waals surface area contributed by atoms with Gasteiger partial charge in [-0.2, -0.15) is 0 Å². The van der Waals surface area contributed by atoms with Gasteiger partial charge in [-0.3, -0.25) is 0 Å². The number of rotatable bonds is 3. The van der Waals surface area contributed by atoms with Crippen LogP contribution in [0.2, 0.25) is 0 Å². The molecule has 0 radical (unpaired) electrons. The molecule has 0 saturated carbocycles. The van der Waals surface area contributed by atoms with Gasteiger partial charge in [-0.25, -0.2) is 0 Å². The second-order valence-corrected chi connectivity index (χ2v) is 3.82. The average molecular weight is 216 g/mol. The molecule has 1 aliphatic carbocycles. The predicted molar refractivity (Wildman–Crippen MR) is 64.8 cm³/mol. The van der Waals surface area contributed by atoms with Gasteiger partial charge >= 0.3 is 0 Å². The second kappa shape index (κ2) is 4.88. The molecular formula is C14H16O2. The Balaban J connectivity index is 2.13. The van der Waals surface area contributed by atoms with E-state index in [0.717, 1.165) is 35.7 Å². The molecule has 0 aromatic heterocycles. The maximum absolute atomic E-state index is 5.75. The molecule has 0 bridgehead atoms. The Morgan fingerprint density at radius 2 is 2.06 bits per heavy atom. The molecule has 0 N–H and O–H groups in total. The number of aryl methyl sites for hydroxylation is 1. The van der Waals surface area contributed by atoms with Gasteiger partial charge < -0.3 is 9.47 Å². The minimum Gasteiger partial charge on any atom is -0.496 e. The lowest BCUT2D eigenvalue weighted by Crippen LogP contribution is -1.96. The molecule has 84 valence electrons. The van der Waals surface area contributed by atoms with Crippen LogP contribution in [-0.4, -0.2) is 7.11 Å². The van der Waals surface area contributed by atoms with E-state index in [2.05, 4.69) is 12.2 Å². The third-order valence-electron chi connectivity index (χ3n) is 2.56. The monoisotopic (exact) mass is 216 g/mol. The zero-order chi connectivity index (χ0) is 11.4. The van der Waals surface area contributed by atoms with Crippen molar-refractivity contribution in [3.05, 3.63) is 47.7 Å². The first kappa shape index (κ1) is 10.8. The van der Waals surface area contributed by atoms with Crippen molar-refractivity contribution in [1.29, 1.82) is 0 Å². The minimum absolute atomic E-state index is 0.858. The van der Waals surface area contributed by atoms with E-state index in [9.17, 15) is 0 Å². The van der Waals surface area contributed by atoms with Crippen LogP contribution in [0.3, 0.4) is 0 Å². The lowest BCUT2D eigenvalue weighted by molar-refractivity contribution is 0.407. The van der Waals surface area contributed by atoms with Gasteiger partial charge in [0.1, 0.15) is 17.3 Å². The lowest BCUT2D eigenvalue weighted by atomic mass is 10.2. The van der Waals surface area contributed by atoms with Crippen LogP contribution >= 0.6 is 0 Å². The summed E-state index contributed by atoms with van der Waals surface area (Å²) >= 11 is 0. The van der Waals surface area contributed by atoms with Crippen LogP contribution in [0.25, 0.3) is 0 Å². The third kappa shape index (κ3) is 2.45. The molecule has 0 heterocycles.